The van der Waals surface area contributed by atoms with Crippen molar-refractivity contribution in [3.63, 3.8) is 0 Å². The lowest BCUT2D eigenvalue weighted by molar-refractivity contribution is 0.340. The minimum atomic E-state index is 0.486. The molecule has 2 nitrogen and oxygen atoms in total. The zero-order valence-electron chi connectivity index (χ0n) is 9.65. The maximum absolute atomic E-state index is 5.73. The number of hydrogen-bond donors (Lipinski definition) is 0. The van der Waals surface area contributed by atoms with Crippen molar-refractivity contribution >= 4 is 22.9 Å². The summed E-state index contributed by atoms with van der Waals surface area (Å²) in [5, 5.41) is 3.11. The van der Waals surface area contributed by atoms with E-state index in [4.69, 9.17) is 16.3 Å². The van der Waals surface area contributed by atoms with Crippen LogP contribution in [0.5, 0.6) is 5.75 Å². The average Bonchev–Trinajstić information content (AvgIpc) is 2.80. The Kier molecular flexibility index (Phi) is 4.40. The highest BCUT2D eigenvalue weighted by Gasteiger charge is 2.02. The molecule has 2 rings (SSSR count). The van der Waals surface area contributed by atoms with E-state index in [1.165, 1.54) is 5.56 Å². The maximum Gasteiger partial charge on any atom is 0.119 e. The summed E-state index contributed by atoms with van der Waals surface area (Å²) in [6, 6.07) is 8.14. The van der Waals surface area contributed by atoms with E-state index in [0.29, 0.717) is 12.5 Å². The molecule has 0 fully saturated rings. The van der Waals surface area contributed by atoms with Crippen LogP contribution in [0, 0.1) is 0 Å². The standard InChI is InChI=1S/C13H14ClNOS/c1-2-16-12-5-3-10(4-6-12)7-13-15-11(8-14)9-17-13/h3-6,9H,2,7-8H2,1H3. The van der Waals surface area contributed by atoms with Gasteiger partial charge in [-0.2, -0.15) is 0 Å². The van der Waals surface area contributed by atoms with E-state index in [-0.39, 0.29) is 0 Å². The van der Waals surface area contributed by atoms with Gasteiger partial charge in [-0.25, -0.2) is 4.98 Å². The van der Waals surface area contributed by atoms with E-state index >= 15 is 0 Å². The molecule has 0 amide bonds. The second-order valence-corrected chi connectivity index (χ2v) is 4.83. The SMILES string of the molecule is CCOc1ccc(Cc2nc(CCl)cs2)cc1. The molecule has 1 aromatic carbocycles. The highest BCUT2D eigenvalue weighted by Crippen LogP contribution is 2.18. The average molecular weight is 268 g/mol. The van der Waals surface area contributed by atoms with Crippen molar-refractivity contribution in [1.82, 2.24) is 4.98 Å². The van der Waals surface area contributed by atoms with E-state index in [9.17, 15) is 0 Å². The number of nitrogens with zero attached hydrogens (tertiary/aromatic N) is 1. The van der Waals surface area contributed by atoms with Gasteiger partial charge in [-0.3, -0.25) is 0 Å². The summed E-state index contributed by atoms with van der Waals surface area (Å²) >= 11 is 7.38. The third-order valence-electron chi connectivity index (χ3n) is 2.33. The van der Waals surface area contributed by atoms with Crippen LogP contribution < -0.4 is 4.74 Å². The lowest BCUT2D eigenvalue weighted by Gasteiger charge is -2.03. The van der Waals surface area contributed by atoms with Crippen molar-refractivity contribution < 1.29 is 4.74 Å². The molecule has 0 saturated heterocycles. The first-order valence-electron chi connectivity index (χ1n) is 5.52. The zero-order chi connectivity index (χ0) is 12.1. The summed E-state index contributed by atoms with van der Waals surface area (Å²) in [6.07, 6.45) is 0.855. The predicted molar refractivity (Wildman–Crippen MR) is 72.1 cm³/mol. The van der Waals surface area contributed by atoms with E-state index in [2.05, 4.69) is 17.1 Å². The van der Waals surface area contributed by atoms with Crippen molar-refractivity contribution in [2.75, 3.05) is 6.61 Å². The molecule has 0 bridgehead atoms. The molecular formula is C13H14ClNOS. The second kappa shape index (κ2) is 6.03. The summed E-state index contributed by atoms with van der Waals surface area (Å²) in [5.74, 6) is 1.40. The molecule has 1 aromatic heterocycles. The molecule has 2 aromatic rings. The van der Waals surface area contributed by atoms with Crippen LogP contribution in [0.4, 0.5) is 0 Å². The first-order valence-corrected chi connectivity index (χ1v) is 6.94. The molecule has 0 spiro atoms. The van der Waals surface area contributed by atoms with Crippen LogP contribution >= 0.6 is 22.9 Å². The van der Waals surface area contributed by atoms with Crippen LogP contribution in [0.3, 0.4) is 0 Å². The van der Waals surface area contributed by atoms with Gasteiger partial charge in [-0.1, -0.05) is 12.1 Å². The van der Waals surface area contributed by atoms with Gasteiger partial charge in [0.1, 0.15) is 5.75 Å². The Hall–Kier alpha value is -1.06. The minimum absolute atomic E-state index is 0.486. The highest BCUT2D eigenvalue weighted by molar-refractivity contribution is 7.09. The van der Waals surface area contributed by atoms with Gasteiger partial charge in [-0.05, 0) is 24.6 Å². The van der Waals surface area contributed by atoms with Gasteiger partial charge in [0.25, 0.3) is 0 Å². The number of rotatable bonds is 5. The van der Waals surface area contributed by atoms with Crippen LogP contribution in [0.15, 0.2) is 29.6 Å². The number of ether oxygens (including phenoxy) is 1. The number of aromatic nitrogens is 1. The third-order valence-corrected chi connectivity index (χ3v) is 3.50. The minimum Gasteiger partial charge on any atom is -0.494 e. The molecule has 17 heavy (non-hydrogen) atoms. The summed E-state index contributed by atoms with van der Waals surface area (Å²) in [5.41, 5.74) is 2.20. The molecule has 1 heterocycles. The van der Waals surface area contributed by atoms with Crippen molar-refractivity contribution in [2.45, 2.75) is 19.2 Å². The van der Waals surface area contributed by atoms with Crippen LogP contribution in [0.25, 0.3) is 0 Å². The van der Waals surface area contributed by atoms with Gasteiger partial charge in [0.2, 0.25) is 0 Å². The Balaban J connectivity index is 2.03. The first-order chi connectivity index (χ1) is 8.31. The molecule has 0 aliphatic carbocycles. The van der Waals surface area contributed by atoms with Crippen LogP contribution in [-0.4, -0.2) is 11.6 Å². The van der Waals surface area contributed by atoms with Gasteiger partial charge < -0.3 is 4.74 Å². The summed E-state index contributed by atoms with van der Waals surface area (Å²) in [6.45, 7) is 2.68. The predicted octanol–water partition coefficient (Wildman–Crippen LogP) is 3.87. The van der Waals surface area contributed by atoms with Gasteiger partial charge in [-0.15, -0.1) is 22.9 Å². The van der Waals surface area contributed by atoms with Crippen LogP contribution in [0.1, 0.15) is 23.2 Å². The summed E-state index contributed by atoms with van der Waals surface area (Å²) in [4.78, 5) is 4.44. The van der Waals surface area contributed by atoms with Gasteiger partial charge in [0, 0.05) is 11.8 Å². The molecule has 0 radical (unpaired) electrons. The molecular weight excluding hydrogens is 254 g/mol. The number of thiazole rings is 1. The lowest BCUT2D eigenvalue weighted by Crippen LogP contribution is -1.92. The smallest absolute Gasteiger partial charge is 0.119 e. The molecule has 0 atom stereocenters. The number of halogens is 1. The van der Waals surface area contributed by atoms with E-state index in [1.807, 2.05) is 24.4 Å². The van der Waals surface area contributed by atoms with Crippen molar-refractivity contribution in [2.24, 2.45) is 0 Å². The Morgan fingerprint density at radius 2 is 2.06 bits per heavy atom. The van der Waals surface area contributed by atoms with Crippen molar-refractivity contribution in [3.05, 3.63) is 45.9 Å². The Morgan fingerprint density at radius 3 is 2.65 bits per heavy atom. The zero-order valence-corrected chi connectivity index (χ0v) is 11.2. The van der Waals surface area contributed by atoms with Crippen LogP contribution in [-0.2, 0) is 12.3 Å². The molecule has 0 unspecified atom stereocenters. The quantitative estimate of drug-likeness (QED) is 0.767. The fraction of sp³-hybridized carbons (Fsp3) is 0.308. The lowest BCUT2D eigenvalue weighted by atomic mass is 10.1. The Bertz CT molecular complexity index is 467. The molecule has 0 saturated carbocycles. The molecule has 4 heteroatoms. The normalized spacial score (nSPS) is 10.5. The number of alkyl halides is 1. The van der Waals surface area contributed by atoms with Gasteiger partial charge in [0.05, 0.1) is 23.2 Å². The monoisotopic (exact) mass is 267 g/mol. The van der Waals surface area contributed by atoms with E-state index in [1.54, 1.807) is 11.3 Å². The van der Waals surface area contributed by atoms with Gasteiger partial charge >= 0.3 is 0 Å². The largest absolute Gasteiger partial charge is 0.494 e. The number of benzene rings is 1. The van der Waals surface area contributed by atoms with E-state index < -0.39 is 0 Å². The fourth-order valence-corrected chi connectivity index (χ4v) is 2.59. The topological polar surface area (TPSA) is 22.1 Å². The first kappa shape index (κ1) is 12.4. The second-order valence-electron chi connectivity index (χ2n) is 3.62. The highest BCUT2D eigenvalue weighted by atomic mass is 35.5. The van der Waals surface area contributed by atoms with Crippen molar-refractivity contribution in [3.8, 4) is 5.75 Å². The van der Waals surface area contributed by atoms with Crippen molar-refractivity contribution in [1.29, 1.82) is 0 Å². The molecule has 0 N–H and O–H groups in total. The molecule has 0 aliphatic heterocycles. The van der Waals surface area contributed by atoms with E-state index in [0.717, 1.165) is 22.9 Å². The maximum atomic E-state index is 5.73. The van der Waals surface area contributed by atoms with Gasteiger partial charge in [0.15, 0.2) is 0 Å². The third kappa shape index (κ3) is 3.45. The Labute approximate surface area is 110 Å². The molecule has 0 aliphatic rings. The van der Waals surface area contributed by atoms with Crippen LogP contribution in [0.2, 0.25) is 0 Å². The Morgan fingerprint density at radius 1 is 1.29 bits per heavy atom. The molecule has 90 valence electrons. The fourth-order valence-electron chi connectivity index (χ4n) is 1.54. The summed E-state index contributed by atoms with van der Waals surface area (Å²) < 4.78 is 5.40. The number of hydrogen-bond acceptors (Lipinski definition) is 3. The summed E-state index contributed by atoms with van der Waals surface area (Å²) in [7, 11) is 0.